The molecule has 0 radical (unpaired) electrons. The summed E-state index contributed by atoms with van der Waals surface area (Å²) in [5.41, 5.74) is 0.357. The first kappa shape index (κ1) is 34.2. The van der Waals surface area contributed by atoms with Crippen LogP contribution in [0.2, 0.25) is 0 Å². The van der Waals surface area contributed by atoms with Crippen molar-refractivity contribution in [2.45, 2.75) is 79.0 Å². The number of carboxylic acid groups (broad SMARTS) is 1. The Balaban J connectivity index is 2.08. The van der Waals surface area contributed by atoms with Crippen LogP contribution in [0.15, 0.2) is 54.7 Å². The van der Waals surface area contributed by atoms with E-state index in [0.717, 1.165) is 23.8 Å². The highest BCUT2D eigenvalue weighted by atomic mass is 19.1. The van der Waals surface area contributed by atoms with Crippen molar-refractivity contribution in [1.29, 1.82) is 0 Å². The van der Waals surface area contributed by atoms with E-state index in [1.165, 1.54) is 16.7 Å². The summed E-state index contributed by atoms with van der Waals surface area (Å²) in [7, 11) is 0. The Bertz CT molecular complexity index is 1460. The van der Waals surface area contributed by atoms with Crippen molar-refractivity contribution in [3.8, 4) is 5.69 Å². The molecule has 0 saturated carbocycles. The fourth-order valence-corrected chi connectivity index (χ4v) is 4.72. The quantitative estimate of drug-likeness (QED) is 0.253. The van der Waals surface area contributed by atoms with Crippen LogP contribution in [0.25, 0.3) is 5.69 Å². The number of alkyl carbamates (subject to hydrolysis) is 1. The van der Waals surface area contributed by atoms with Crippen molar-refractivity contribution in [1.82, 2.24) is 20.2 Å². The number of aliphatic carboxylic acids is 1. The van der Waals surface area contributed by atoms with Crippen LogP contribution in [-0.4, -0.2) is 56.2 Å². The summed E-state index contributed by atoms with van der Waals surface area (Å²) in [6, 6.07) is 10.4. The van der Waals surface area contributed by atoms with Crippen LogP contribution in [0.3, 0.4) is 0 Å². The third-order valence-corrected chi connectivity index (χ3v) is 6.46. The first-order valence-corrected chi connectivity index (χ1v) is 14.2. The van der Waals surface area contributed by atoms with Gasteiger partial charge in [0.25, 0.3) is 0 Å². The molecule has 0 fully saturated rings. The van der Waals surface area contributed by atoms with Gasteiger partial charge in [-0.3, -0.25) is 4.79 Å². The first-order chi connectivity index (χ1) is 20.4. The molecule has 1 amide bonds. The van der Waals surface area contributed by atoms with Gasteiger partial charge in [-0.05, 0) is 55.9 Å². The molecular formula is C32H40F2N4O6. The summed E-state index contributed by atoms with van der Waals surface area (Å²) in [6.45, 7) is 11.7. The molecule has 238 valence electrons. The number of aromatic nitrogens is 2. The van der Waals surface area contributed by atoms with E-state index in [0.29, 0.717) is 17.7 Å². The van der Waals surface area contributed by atoms with E-state index in [4.69, 9.17) is 14.7 Å². The van der Waals surface area contributed by atoms with E-state index < -0.39 is 52.8 Å². The Morgan fingerprint density at radius 1 is 1.05 bits per heavy atom. The number of ether oxygens (including phenoxy) is 1. The van der Waals surface area contributed by atoms with Gasteiger partial charge in [0, 0.05) is 32.2 Å². The minimum Gasteiger partial charge on any atom is -0.480 e. The van der Waals surface area contributed by atoms with Gasteiger partial charge in [0.2, 0.25) is 0 Å². The maximum atomic E-state index is 14.9. The van der Waals surface area contributed by atoms with Gasteiger partial charge in [-0.2, -0.15) is 5.10 Å². The van der Waals surface area contributed by atoms with Crippen molar-refractivity contribution >= 4 is 18.0 Å². The standard InChI is InChI=1S/C32H40F2N4O6/c1-20(39)44-38(16-15-25(29(40)41)35-30(42)43-32(5,6)7)28(31(2,3)4)27-22(17-21-11-9-8-10-12-21)19-37(36-27)26-18-23(33)13-14-24(26)34/h8-14,18-19,25,28H,15-17H2,1-7H3,(H,35,42)(H,40,41)/t25-,28-/m0/s1. The fourth-order valence-electron chi connectivity index (χ4n) is 4.72. The molecule has 0 aliphatic heterocycles. The number of nitrogens with zero attached hydrogens (tertiary/aromatic N) is 3. The second-order valence-corrected chi connectivity index (χ2v) is 12.6. The summed E-state index contributed by atoms with van der Waals surface area (Å²) >= 11 is 0. The van der Waals surface area contributed by atoms with Gasteiger partial charge in [0.05, 0.1) is 11.7 Å². The third-order valence-electron chi connectivity index (χ3n) is 6.46. The second-order valence-electron chi connectivity index (χ2n) is 12.6. The highest BCUT2D eigenvalue weighted by Gasteiger charge is 2.39. The number of hydroxylamine groups is 2. The molecule has 3 aromatic rings. The van der Waals surface area contributed by atoms with E-state index in [-0.39, 0.29) is 18.7 Å². The zero-order chi connectivity index (χ0) is 32.8. The molecule has 0 unspecified atom stereocenters. The van der Waals surface area contributed by atoms with Crippen molar-refractivity contribution in [2.24, 2.45) is 5.41 Å². The summed E-state index contributed by atoms with van der Waals surface area (Å²) in [4.78, 5) is 42.4. The molecular weight excluding hydrogens is 574 g/mol. The smallest absolute Gasteiger partial charge is 0.408 e. The Morgan fingerprint density at radius 2 is 1.70 bits per heavy atom. The second kappa shape index (κ2) is 14.0. The van der Waals surface area contributed by atoms with Crippen molar-refractivity contribution in [3.63, 3.8) is 0 Å². The van der Waals surface area contributed by atoms with Gasteiger partial charge in [0.1, 0.15) is 29.0 Å². The monoisotopic (exact) mass is 614 g/mol. The topological polar surface area (TPSA) is 123 Å². The third kappa shape index (κ3) is 9.60. The molecule has 0 aliphatic carbocycles. The van der Waals surface area contributed by atoms with Crippen molar-refractivity contribution in [3.05, 3.63) is 83.2 Å². The molecule has 2 N–H and O–H groups in total. The number of nitrogens with one attached hydrogen (secondary N) is 1. The van der Waals surface area contributed by atoms with Crippen molar-refractivity contribution in [2.75, 3.05) is 6.54 Å². The molecule has 2 aromatic carbocycles. The zero-order valence-corrected chi connectivity index (χ0v) is 26.1. The van der Waals surface area contributed by atoms with E-state index >= 15 is 0 Å². The lowest BCUT2D eigenvalue weighted by atomic mass is 9.82. The Hall–Kier alpha value is -4.32. The molecule has 44 heavy (non-hydrogen) atoms. The van der Waals surface area contributed by atoms with Gasteiger partial charge in [-0.15, -0.1) is 5.06 Å². The summed E-state index contributed by atoms with van der Waals surface area (Å²) in [5, 5.41) is 18.2. The predicted molar refractivity (Wildman–Crippen MR) is 159 cm³/mol. The molecule has 0 bridgehead atoms. The van der Waals surface area contributed by atoms with Crippen LogP contribution in [0.1, 0.15) is 77.7 Å². The minimum absolute atomic E-state index is 0.107. The van der Waals surface area contributed by atoms with Crippen LogP contribution < -0.4 is 5.32 Å². The number of carbonyl (C=O) groups excluding carboxylic acids is 2. The largest absolute Gasteiger partial charge is 0.480 e. The number of carboxylic acids is 1. The van der Waals surface area contributed by atoms with Gasteiger partial charge < -0.3 is 20.0 Å². The number of rotatable bonds is 11. The number of halogens is 2. The van der Waals surface area contributed by atoms with Gasteiger partial charge in [0.15, 0.2) is 0 Å². The average Bonchev–Trinajstić information content (AvgIpc) is 3.28. The van der Waals surface area contributed by atoms with Gasteiger partial charge in [-0.25, -0.2) is 23.1 Å². The molecule has 0 spiro atoms. The summed E-state index contributed by atoms with van der Waals surface area (Å²) in [6.07, 6.45) is 0.903. The molecule has 0 aliphatic rings. The zero-order valence-electron chi connectivity index (χ0n) is 26.1. The number of hydrogen-bond donors (Lipinski definition) is 2. The van der Waals surface area contributed by atoms with E-state index in [1.807, 2.05) is 51.1 Å². The number of amides is 1. The summed E-state index contributed by atoms with van der Waals surface area (Å²) < 4.78 is 35.5. The van der Waals surface area contributed by atoms with Crippen molar-refractivity contribution < 1.29 is 37.8 Å². The van der Waals surface area contributed by atoms with E-state index in [9.17, 15) is 28.3 Å². The summed E-state index contributed by atoms with van der Waals surface area (Å²) in [5.74, 6) is -3.30. The molecule has 1 heterocycles. The maximum absolute atomic E-state index is 14.9. The lowest BCUT2D eigenvalue weighted by Gasteiger charge is -2.38. The lowest BCUT2D eigenvalue weighted by molar-refractivity contribution is -0.212. The van der Waals surface area contributed by atoms with E-state index in [1.54, 1.807) is 27.0 Å². The van der Waals surface area contributed by atoms with Crippen LogP contribution in [0.5, 0.6) is 0 Å². The normalized spacial score (nSPS) is 13.3. The predicted octanol–water partition coefficient (Wildman–Crippen LogP) is 5.98. The Morgan fingerprint density at radius 3 is 2.27 bits per heavy atom. The average molecular weight is 615 g/mol. The van der Waals surface area contributed by atoms with Gasteiger partial charge in [-0.1, -0.05) is 51.1 Å². The van der Waals surface area contributed by atoms with Crippen LogP contribution >= 0.6 is 0 Å². The molecule has 10 nitrogen and oxygen atoms in total. The van der Waals surface area contributed by atoms with Crippen LogP contribution in [0.4, 0.5) is 13.6 Å². The molecule has 2 atom stereocenters. The highest BCUT2D eigenvalue weighted by Crippen LogP contribution is 2.40. The molecule has 0 saturated heterocycles. The first-order valence-electron chi connectivity index (χ1n) is 14.2. The Kier molecular flexibility index (Phi) is 10.9. The lowest BCUT2D eigenvalue weighted by Crippen LogP contribution is -2.46. The number of benzene rings is 2. The number of carbonyl (C=O) groups is 3. The Labute approximate surface area is 255 Å². The molecule has 12 heteroatoms. The van der Waals surface area contributed by atoms with Crippen LogP contribution in [0, 0.1) is 17.0 Å². The maximum Gasteiger partial charge on any atom is 0.408 e. The van der Waals surface area contributed by atoms with Crippen LogP contribution in [-0.2, 0) is 25.6 Å². The van der Waals surface area contributed by atoms with E-state index in [2.05, 4.69) is 5.32 Å². The molecule has 3 rings (SSSR count). The number of hydrogen-bond acceptors (Lipinski definition) is 7. The highest BCUT2D eigenvalue weighted by molar-refractivity contribution is 5.80. The van der Waals surface area contributed by atoms with Gasteiger partial charge >= 0.3 is 18.0 Å². The SMILES string of the molecule is CC(=O)ON(CC[C@H](NC(=O)OC(C)(C)C)C(=O)O)[C@@H](c1nn(-c2cc(F)ccc2F)cc1Cc1ccccc1)C(C)(C)C. The fraction of sp³-hybridized carbons (Fsp3) is 0.438. The minimum atomic E-state index is -1.37. The molecule has 1 aromatic heterocycles.